The van der Waals surface area contributed by atoms with E-state index in [1.54, 1.807) is 44.2 Å². The van der Waals surface area contributed by atoms with Crippen molar-refractivity contribution in [2.75, 3.05) is 7.05 Å². The molecule has 2 aliphatic heterocycles. The number of halogens is 1. The summed E-state index contributed by atoms with van der Waals surface area (Å²) in [6.07, 6.45) is -5.22. The number of amides is 9. The average Bonchev–Trinajstić information content (AvgIpc) is 3.29. The number of cyclic esters (lactones) is 1. The third-order valence-corrected chi connectivity index (χ3v) is 12.5. The minimum atomic E-state index is -1.85. The largest absolute Gasteiger partial charge is 0.506 e. The molecule has 2 aliphatic rings. The second-order valence-electron chi connectivity index (χ2n) is 17.3. The number of ether oxygens (including phenoxy) is 1. The topological polar surface area (TPSA) is 339 Å². The van der Waals surface area contributed by atoms with E-state index in [0.717, 1.165) is 16.7 Å². The van der Waals surface area contributed by atoms with Gasteiger partial charge >= 0.3 is 5.97 Å². The number of nitrogens with one attached hydrogen (secondary N) is 5. The second kappa shape index (κ2) is 25.0. The Morgan fingerprint density at radius 1 is 0.870 bits per heavy atom. The SMILES string of the molecule is CCC(C)C1NC(=O)C(NC(=O)C(CCC(N)=O)NC(C)=O)C(C)OC(=O)C(CCC(N)=O)NC(=O)C(Cc2ccc(O)c(Cl)c2)N(C)C(=O)C(Cc2ccccc2)N2C(=O)C(CCC2O)NC1=O. The molecule has 0 aliphatic carbocycles. The molecule has 4 rings (SSSR count). The highest BCUT2D eigenvalue weighted by atomic mass is 35.5. The Hall–Kier alpha value is -6.81. The van der Waals surface area contributed by atoms with Crippen molar-refractivity contribution in [3.63, 3.8) is 0 Å². The van der Waals surface area contributed by atoms with E-state index in [-0.39, 0.29) is 49.3 Å². The third kappa shape index (κ3) is 15.1. The maximum Gasteiger partial charge on any atom is 0.329 e. The fraction of sp³-hybridized carbons (Fsp3) is 0.522. The zero-order chi connectivity index (χ0) is 51.3. The summed E-state index contributed by atoms with van der Waals surface area (Å²) in [5, 5.41) is 34.3. The van der Waals surface area contributed by atoms with E-state index in [4.69, 9.17) is 27.8 Å². The number of carbonyl (C=O) groups is 10. The van der Waals surface area contributed by atoms with Crippen molar-refractivity contribution in [3.05, 3.63) is 64.7 Å². The summed E-state index contributed by atoms with van der Waals surface area (Å²) in [6, 6.07) is 1.76. The van der Waals surface area contributed by atoms with Gasteiger partial charge in [0.2, 0.25) is 53.2 Å². The first-order valence-electron chi connectivity index (χ1n) is 22.6. The van der Waals surface area contributed by atoms with Gasteiger partial charge in [-0.3, -0.25) is 43.2 Å². The Bertz CT molecular complexity index is 2250. The molecule has 69 heavy (non-hydrogen) atoms. The normalized spacial score (nSPS) is 25.0. The van der Waals surface area contributed by atoms with Crippen LogP contribution in [0.25, 0.3) is 0 Å². The molecule has 0 saturated carbocycles. The quantitative estimate of drug-likeness (QED) is 0.0962. The minimum absolute atomic E-state index is 0.0909. The van der Waals surface area contributed by atoms with Crippen LogP contribution in [-0.4, -0.2) is 141 Å². The highest BCUT2D eigenvalue weighted by Gasteiger charge is 2.46. The number of piperidine rings is 1. The van der Waals surface area contributed by atoms with Crippen LogP contribution in [0, 0.1) is 5.92 Å². The van der Waals surface area contributed by atoms with E-state index in [1.807, 2.05) is 0 Å². The number of aliphatic hydroxyl groups is 1. The van der Waals surface area contributed by atoms with Gasteiger partial charge in [-0.25, -0.2) is 4.79 Å². The number of nitrogens with two attached hydrogens (primary N) is 2. The lowest BCUT2D eigenvalue weighted by Crippen LogP contribution is -2.65. The number of primary amides is 2. The minimum Gasteiger partial charge on any atom is -0.506 e. The molecule has 2 aromatic rings. The Labute approximate surface area is 403 Å². The molecule has 22 nitrogen and oxygen atoms in total. The zero-order valence-corrected chi connectivity index (χ0v) is 39.8. The second-order valence-corrected chi connectivity index (χ2v) is 17.8. The zero-order valence-electron chi connectivity index (χ0n) is 39.1. The summed E-state index contributed by atoms with van der Waals surface area (Å²) in [7, 11) is 1.27. The number of nitrogens with zero attached hydrogens (tertiary/aromatic N) is 2. The number of hydrogen-bond acceptors (Lipinski definition) is 13. The summed E-state index contributed by atoms with van der Waals surface area (Å²) < 4.78 is 5.75. The maximum atomic E-state index is 15.0. The number of esters is 1. The molecule has 2 aromatic carbocycles. The number of phenols is 1. The Morgan fingerprint density at radius 2 is 1.52 bits per heavy atom. The first-order chi connectivity index (χ1) is 32.5. The molecule has 2 bridgehead atoms. The molecule has 9 amide bonds. The summed E-state index contributed by atoms with van der Waals surface area (Å²) in [4.78, 5) is 139. The highest BCUT2D eigenvalue weighted by molar-refractivity contribution is 6.32. The number of hydrogen-bond donors (Lipinski definition) is 9. The van der Waals surface area contributed by atoms with Crippen molar-refractivity contribution in [2.24, 2.45) is 17.4 Å². The number of rotatable bonds is 15. The smallest absolute Gasteiger partial charge is 0.329 e. The van der Waals surface area contributed by atoms with Gasteiger partial charge in [-0.05, 0) is 61.8 Å². The van der Waals surface area contributed by atoms with Crippen LogP contribution < -0.4 is 38.1 Å². The molecule has 2 heterocycles. The van der Waals surface area contributed by atoms with E-state index in [9.17, 15) is 53.4 Å². The number of carbonyl (C=O) groups excluding carboxylic acids is 10. The van der Waals surface area contributed by atoms with Crippen LogP contribution in [0.5, 0.6) is 5.75 Å². The number of fused-ring (bicyclic) bond motifs is 2. The number of benzene rings is 2. The fourth-order valence-electron chi connectivity index (χ4n) is 8.03. The van der Waals surface area contributed by atoms with Gasteiger partial charge in [0.05, 0.1) is 5.02 Å². The van der Waals surface area contributed by atoms with Crippen molar-refractivity contribution in [1.29, 1.82) is 0 Å². The van der Waals surface area contributed by atoms with E-state index in [1.165, 1.54) is 32.2 Å². The van der Waals surface area contributed by atoms with Crippen LogP contribution in [0.2, 0.25) is 5.02 Å². The number of phenolic OH excluding ortho intramolecular Hbond substituents is 1. The number of aliphatic hydroxyl groups excluding tert-OH is 1. The molecule has 23 heteroatoms. The van der Waals surface area contributed by atoms with Gasteiger partial charge in [0, 0.05) is 39.7 Å². The molecule has 0 aromatic heterocycles. The van der Waals surface area contributed by atoms with Gasteiger partial charge < -0.3 is 62.8 Å². The lowest BCUT2D eigenvalue weighted by atomic mass is 9.94. The Kier molecular flexibility index (Phi) is 19.8. The standard InChI is InChI=1S/C46H62ClN9O13/c1-6-23(2)38-42(64)51-30-15-19-37(61)56(44(30)66)33(21-26-10-8-7-9-11-26)45(67)55(5)32(22-27-12-16-34(58)28(47)20-27)41(63)52-31(14-18-36(49)60)46(68)69-24(3)39(43(65)53-38)54-40(62)29(50-25(4)57)13-17-35(48)59/h7-12,16,20,23-24,29-33,37-39,58,61H,6,13-15,17-19,21-22H2,1-5H3,(H2,48,59)(H2,49,60)(H,50,57)(H,51,64)(H,52,63)(H,53,65)(H,54,62). The van der Waals surface area contributed by atoms with Crippen LogP contribution >= 0.6 is 11.6 Å². The van der Waals surface area contributed by atoms with Crippen LogP contribution in [0.15, 0.2) is 48.5 Å². The lowest BCUT2D eigenvalue weighted by molar-refractivity contribution is -0.165. The van der Waals surface area contributed by atoms with Crippen molar-refractivity contribution < 1.29 is 62.9 Å². The van der Waals surface area contributed by atoms with Gasteiger partial charge in [0.1, 0.15) is 60.4 Å². The highest BCUT2D eigenvalue weighted by Crippen LogP contribution is 2.28. The van der Waals surface area contributed by atoms with Gasteiger partial charge in [-0.15, -0.1) is 0 Å². The van der Waals surface area contributed by atoms with E-state index < -0.39 is 133 Å². The molecular weight excluding hydrogens is 922 g/mol. The van der Waals surface area contributed by atoms with Gasteiger partial charge in [0.15, 0.2) is 0 Å². The van der Waals surface area contributed by atoms with Crippen molar-refractivity contribution in [1.82, 2.24) is 36.4 Å². The number of aromatic hydroxyl groups is 1. The maximum absolute atomic E-state index is 15.0. The molecule has 10 atom stereocenters. The van der Waals surface area contributed by atoms with E-state index >= 15 is 4.79 Å². The summed E-state index contributed by atoms with van der Waals surface area (Å²) in [5.41, 5.74) is 11.7. The lowest BCUT2D eigenvalue weighted by Gasteiger charge is -2.43. The molecule has 376 valence electrons. The predicted molar refractivity (Wildman–Crippen MR) is 247 cm³/mol. The first kappa shape index (κ1) is 54.8. The van der Waals surface area contributed by atoms with Gasteiger partial charge in [-0.2, -0.15) is 0 Å². The summed E-state index contributed by atoms with van der Waals surface area (Å²) in [5.74, 6) is -10.2. The summed E-state index contributed by atoms with van der Waals surface area (Å²) in [6.45, 7) is 5.67. The third-order valence-electron chi connectivity index (χ3n) is 12.2. The molecule has 2 fully saturated rings. The summed E-state index contributed by atoms with van der Waals surface area (Å²) >= 11 is 6.24. The van der Waals surface area contributed by atoms with Gasteiger partial charge in [0.25, 0.3) is 0 Å². The molecule has 0 spiro atoms. The van der Waals surface area contributed by atoms with Crippen LogP contribution in [0.4, 0.5) is 0 Å². The fourth-order valence-corrected chi connectivity index (χ4v) is 8.23. The van der Waals surface area contributed by atoms with Crippen molar-refractivity contribution in [3.8, 4) is 5.75 Å². The molecular formula is C46H62ClN9O13. The molecule has 2 saturated heterocycles. The number of likely N-dealkylation sites (N-methyl/N-ethyl adjacent to an activating group) is 1. The van der Waals surface area contributed by atoms with Crippen LogP contribution in [0.1, 0.15) is 83.8 Å². The average molecular weight is 985 g/mol. The van der Waals surface area contributed by atoms with E-state index in [0.29, 0.717) is 17.5 Å². The predicted octanol–water partition coefficient (Wildman–Crippen LogP) is -1.07. The molecule has 0 radical (unpaired) electrons. The molecule has 11 N–H and O–H groups in total. The van der Waals surface area contributed by atoms with E-state index in [2.05, 4.69) is 26.6 Å². The van der Waals surface area contributed by atoms with Crippen LogP contribution in [0.3, 0.4) is 0 Å². The van der Waals surface area contributed by atoms with Crippen LogP contribution in [-0.2, 0) is 65.5 Å². The molecule has 10 unspecified atom stereocenters. The Balaban J connectivity index is 1.92. The van der Waals surface area contributed by atoms with Gasteiger partial charge in [-0.1, -0.05) is 68.3 Å². The first-order valence-corrected chi connectivity index (χ1v) is 22.9. The van der Waals surface area contributed by atoms with Crippen molar-refractivity contribution >= 4 is 70.7 Å². The monoisotopic (exact) mass is 983 g/mol. The van der Waals surface area contributed by atoms with Crippen molar-refractivity contribution in [2.45, 2.75) is 140 Å². The Morgan fingerprint density at radius 3 is 2.13 bits per heavy atom.